The first-order chi connectivity index (χ1) is 7.83. The molecule has 16 heavy (non-hydrogen) atoms. The van der Waals surface area contributed by atoms with E-state index in [0.29, 0.717) is 0 Å². The molecule has 88 valence electrons. The molecule has 2 saturated carbocycles. The number of allylic oxidation sites excluding steroid dienone is 1. The molecule has 2 aliphatic carbocycles. The molecule has 3 rings (SSSR count). The monoisotopic (exact) mass is 255 g/mol. The van der Waals surface area contributed by atoms with Crippen molar-refractivity contribution >= 4 is 29.1 Å². The Morgan fingerprint density at radius 1 is 1.44 bits per heavy atom. The highest BCUT2D eigenvalue weighted by Crippen LogP contribution is 2.59. The summed E-state index contributed by atoms with van der Waals surface area (Å²) in [6.07, 6.45) is 5.45. The number of thioether (sulfide) groups is 2. The molecule has 1 heterocycles. The van der Waals surface area contributed by atoms with Crippen molar-refractivity contribution in [2.24, 2.45) is 17.8 Å². The van der Waals surface area contributed by atoms with Crippen LogP contribution in [0.4, 0.5) is 0 Å². The van der Waals surface area contributed by atoms with Gasteiger partial charge in [0.2, 0.25) is 0 Å². The first kappa shape index (κ1) is 11.0. The second kappa shape index (κ2) is 4.30. The van der Waals surface area contributed by atoms with Crippen molar-refractivity contribution < 1.29 is 4.79 Å². The lowest BCUT2D eigenvalue weighted by Crippen LogP contribution is -2.30. The number of fused-ring (bicyclic) bond motifs is 5. The van der Waals surface area contributed by atoms with Crippen molar-refractivity contribution in [1.29, 1.82) is 0 Å². The van der Waals surface area contributed by atoms with Gasteiger partial charge in [-0.3, -0.25) is 4.79 Å². The third-order valence-corrected chi connectivity index (χ3v) is 6.93. The minimum Gasteiger partial charge on any atom is -0.382 e. The molecule has 4 heteroatoms. The summed E-state index contributed by atoms with van der Waals surface area (Å²) in [4.78, 5) is 12.0. The van der Waals surface area contributed by atoms with Gasteiger partial charge in [0.15, 0.2) is 5.62 Å². The van der Waals surface area contributed by atoms with Crippen LogP contribution in [0.5, 0.6) is 0 Å². The summed E-state index contributed by atoms with van der Waals surface area (Å²) in [5.74, 6) is 2.75. The second-order valence-corrected chi connectivity index (χ2v) is 7.11. The number of hydrogen-bond acceptors (Lipinski definition) is 4. The Morgan fingerprint density at radius 3 is 3.00 bits per heavy atom. The topological polar surface area (TPSA) is 29.1 Å². The average Bonchev–Trinajstić information content (AvgIpc) is 2.89. The molecular formula is C12H17NOS2. The van der Waals surface area contributed by atoms with Gasteiger partial charge in [-0.2, -0.15) is 0 Å². The van der Waals surface area contributed by atoms with Gasteiger partial charge in [0.25, 0.3) is 0 Å². The predicted molar refractivity (Wildman–Crippen MR) is 70.7 cm³/mol. The van der Waals surface area contributed by atoms with E-state index >= 15 is 0 Å². The summed E-state index contributed by atoms with van der Waals surface area (Å²) in [7, 11) is 1.97. The maximum atomic E-state index is 10.7. The summed E-state index contributed by atoms with van der Waals surface area (Å²) in [5, 5.41) is 5.36. The zero-order valence-corrected chi connectivity index (χ0v) is 11.1. The van der Waals surface area contributed by atoms with Gasteiger partial charge in [-0.25, -0.2) is 0 Å². The minimum absolute atomic E-state index is 0.831. The Labute approximate surface area is 105 Å². The van der Waals surface area contributed by atoms with Crippen LogP contribution in [0.3, 0.4) is 0 Å². The Hall–Kier alpha value is -0.0900. The van der Waals surface area contributed by atoms with Crippen molar-refractivity contribution in [2.75, 3.05) is 7.05 Å². The normalized spacial score (nSPS) is 41.1. The van der Waals surface area contributed by atoms with E-state index in [1.54, 1.807) is 0 Å². The zero-order valence-electron chi connectivity index (χ0n) is 9.44. The van der Waals surface area contributed by atoms with E-state index in [-0.39, 0.29) is 0 Å². The molecule has 0 aromatic heterocycles. The highest BCUT2D eigenvalue weighted by atomic mass is 32.2. The van der Waals surface area contributed by atoms with Crippen molar-refractivity contribution in [3.63, 3.8) is 0 Å². The largest absolute Gasteiger partial charge is 0.382 e. The molecule has 0 spiro atoms. The summed E-state index contributed by atoms with van der Waals surface area (Å²) in [6, 6.07) is 0. The zero-order chi connectivity index (χ0) is 11.1. The Kier molecular flexibility index (Phi) is 2.96. The smallest absolute Gasteiger partial charge is 0.180 e. The molecule has 2 fully saturated rings. The van der Waals surface area contributed by atoms with Crippen molar-refractivity contribution in [3.05, 3.63) is 9.93 Å². The fourth-order valence-corrected chi connectivity index (χ4v) is 6.13. The summed E-state index contributed by atoms with van der Waals surface area (Å²) < 4.78 is 0. The van der Waals surface area contributed by atoms with Gasteiger partial charge in [-0.15, -0.1) is 11.8 Å². The average molecular weight is 255 g/mol. The molecule has 2 bridgehead atoms. The van der Waals surface area contributed by atoms with Crippen LogP contribution in [0.1, 0.15) is 25.7 Å². The third-order valence-electron chi connectivity index (χ3n) is 4.35. The lowest BCUT2D eigenvalue weighted by molar-refractivity contribution is 0.342. The van der Waals surface area contributed by atoms with E-state index in [9.17, 15) is 4.79 Å². The maximum Gasteiger partial charge on any atom is 0.180 e. The molecule has 1 N–H and O–H groups in total. The standard InChI is InChI=1S/C12H17NOS2/c1-13-12-10(15-6-14)5-9-7-2-3-8(4-7)11(9)16-12/h6-9,11,13H,2-5H2,1H3/t7-,8?,9+,11-/m1/s1. The predicted octanol–water partition coefficient (Wildman–Crippen LogP) is 2.85. The first-order valence-corrected chi connectivity index (χ1v) is 7.77. The van der Waals surface area contributed by atoms with Crippen LogP contribution in [0.15, 0.2) is 9.93 Å². The fraction of sp³-hybridized carbons (Fsp3) is 0.750. The van der Waals surface area contributed by atoms with Crippen LogP contribution in [0.2, 0.25) is 0 Å². The molecule has 0 aromatic carbocycles. The molecule has 0 radical (unpaired) electrons. The molecule has 1 unspecified atom stereocenters. The van der Waals surface area contributed by atoms with Crippen LogP contribution in [0.25, 0.3) is 0 Å². The van der Waals surface area contributed by atoms with Gasteiger partial charge < -0.3 is 5.32 Å². The summed E-state index contributed by atoms with van der Waals surface area (Å²) in [5.41, 5.74) is 0.973. The van der Waals surface area contributed by atoms with Crippen LogP contribution in [0, 0.1) is 17.8 Å². The van der Waals surface area contributed by atoms with Crippen LogP contribution in [-0.2, 0) is 4.79 Å². The Bertz CT molecular complexity index is 342. The number of rotatable bonds is 3. The molecule has 0 saturated heterocycles. The van der Waals surface area contributed by atoms with Gasteiger partial charge in [0.1, 0.15) is 0 Å². The van der Waals surface area contributed by atoms with E-state index in [1.165, 1.54) is 41.0 Å². The van der Waals surface area contributed by atoms with Gasteiger partial charge >= 0.3 is 0 Å². The highest BCUT2D eigenvalue weighted by Gasteiger charge is 2.50. The quantitative estimate of drug-likeness (QED) is 0.785. The van der Waals surface area contributed by atoms with E-state index in [1.807, 2.05) is 18.8 Å². The Morgan fingerprint density at radius 2 is 2.25 bits per heavy atom. The summed E-state index contributed by atoms with van der Waals surface area (Å²) in [6.45, 7) is 0. The number of carbonyl (C=O) groups is 1. The van der Waals surface area contributed by atoms with Gasteiger partial charge in [0.05, 0.1) is 5.03 Å². The molecule has 3 aliphatic rings. The molecule has 0 amide bonds. The van der Waals surface area contributed by atoms with Crippen molar-refractivity contribution in [3.8, 4) is 0 Å². The van der Waals surface area contributed by atoms with Gasteiger partial charge in [-0.1, -0.05) is 11.8 Å². The van der Waals surface area contributed by atoms with Gasteiger partial charge in [-0.05, 0) is 43.4 Å². The lowest BCUT2D eigenvalue weighted by atomic mass is 9.85. The molecule has 0 aromatic rings. The molecule has 4 atom stereocenters. The van der Waals surface area contributed by atoms with Gasteiger partial charge in [0, 0.05) is 17.2 Å². The highest BCUT2D eigenvalue weighted by molar-refractivity contribution is 8.16. The van der Waals surface area contributed by atoms with Crippen LogP contribution >= 0.6 is 23.5 Å². The number of carbonyl (C=O) groups excluding carboxylic acids is 1. The number of nitrogens with one attached hydrogen (secondary N) is 1. The van der Waals surface area contributed by atoms with E-state index < -0.39 is 0 Å². The van der Waals surface area contributed by atoms with Crippen molar-refractivity contribution in [2.45, 2.75) is 30.9 Å². The lowest BCUT2D eigenvalue weighted by Gasteiger charge is -2.36. The van der Waals surface area contributed by atoms with Crippen molar-refractivity contribution in [1.82, 2.24) is 5.32 Å². The Balaban J connectivity index is 1.84. The van der Waals surface area contributed by atoms with Crippen LogP contribution in [-0.4, -0.2) is 17.9 Å². The third kappa shape index (κ3) is 1.61. The fourth-order valence-electron chi connectivity index (χ4n) is 3.69. The molecular weight excluding hydrogens is 238 g/mol. The van der Waals surface area contributed by atoms with E-state index in [2.05, 4.69) is 5.32 Å². The summed E-state index contributed by atoms with van der Waals surface area (Å²) >= 11 is 3.38. The molecule has 2 nitrogen and oxygen atoms in total. The number of hydrogen-bond donors (Lipinski definition) is 1. The minimum atomic E-state index is 0.831. The van der Waals surface area contributed by atoms with Crippen LogP contribution < -0.4 is 5.32 Å². The van der Waals surface area contributed by atoms with E-state index in [4.69, 9.17) is 0 Å². The molecule has 1 aliphatic heterocycles. The second-order valence-electron chi connectivity index (χ2n) is 5.00. The van der Waals surface area contributed by atoms with E-state index in [0.717, 1.165) is 35.0 Å². The SMILES string of the molecule is CNC1=C(SC=O)C[C@H]2[C@@H]3CCC(C3)[C@H]2S1. The maximum absolute atomic E-state index is 10.7. The first-order valence-electron chi connectivity index (χ1n) is 6.01.